The predicted octanol–water partition coefficient (Wildman–Crippen LogP) is 4.15. The Bertz CT molecular complexity index is 794. The second-order valence-corrected chi connectivity index (χ2v) is 8.12. The van der Waals surface area contributed by atoms with Gasteiger partial charge in [0.2, 0.25) is 0 Å². The lowest BCUT2D eigenvalue weighted by atomic mass is 10.1. The minimum atomic E-state index is -3.75. The molecule has 0 fully saturated rings. The third-order valence-corrected chi connectivity index (χ3v) is 4.62. The zero-order valence-corrected chi connectivity index (χ0v) is 14.5. The molecule has 23 heavy (non-hydrogen) atoms. The largest absolute Gasteiger partial charge is 0.380 e. The molecule has 0 aliphatic rings. The van der Waals surface area contributed by atoms with Crippen LogP contribution in [0.1, 0.15) is 26.3 Å². The predicted molar refractivity (Wildman–Crippen MR) is 91.8 cm³/mol. The summed E-state index contributed by atoms with van der Waals surface area (Å²) in [6, 6.07) is 10.6. The molecule has 4 nitrogen and oxygen atoms in total. The smallest absolute Gasteiger partial charge is 0.262 e. The van der Waals surface area contributed by atoms with Crippen LogP contribution in [0.5, 0.6) is 0 Å². The maximum Gasteiger partial charge on any atom is 0.262 e. The first-order valence-corrected chi connectivity index (χ1v) is 8.72. The molecule has 0 aliphatic heterocycles. The standard InChI is InChI=1S/C17H21FN2O2S/c1-12-11-13(18)5-10-16(12)23(21,22)20-15-8-6-14(7-9-15)19-17(2,3)4/h5-11,19-20H,1-4H3. The van der Waals surface area contributed by atoms with Crippen molar-refractivity contribution in [3.63, 3.8) is 0 Å². The van der Waals surface area contributed by atoms with Gasteiger partial charge in [-0.05, 0) is 75.7 Å². The lowest BCUT2D eigenvalue weighted by Crippen LogP contribution is -2.25. The van der Waals surface area contributed by atoms with Gasteiger partial charge in [0.15, 0.2) is 0 Å². The van der Waals surface area contributed by atoms with Gasteiger partial charge < -0.3 is 5.32 Å². The molecular weight excluding hydrogens is 315 g/mol. The van der Waals surface area contributed by atoms with Crippen molar-refractivity contribution in [3.05, 3.63) is 53.8 Å². The summed E-state index contributed by atoms with van der Waals surface area (Å²) in [5.74, 6) is -0.459. The number of nitrogens with one attached hydrogen (secondary N) is 2. The lowest BCUT2D eigenvalue weighted by molar-refractivity contribution is 0.598. The van der Waals surface area contributed by atoms with Crippen LogP contribution in [0.15, 0.2) is 47.4 Å². The van der Waals surface area contributed by atoms with E-state index in [1.807, 2.05) is 20.8 Å². The number of aryl methyl sites for hydroxylation is 1. The van der Waals surface area contributed by atoms with Gasteiger partial charge in [0.1, 0.15) is 5.82 Å². The van der Waals surface area contributed by atoms with Crippen LogP contribution in [0, 0.1) is 12.7 Å². The van der Waals surface area contributed by atoms with Crippen LogP contribution in [-0.2, 0) is 10.0 Å². The number of hydrogen-bond donors (Lipinski definition) is 2. The highest BCUT2D eigenvalue weighted by Crippen LogP contribution is 2.22. The van der Waals surface area contributed by atoms with Crippen LogP contribution in [-0.4, -0.2) is 14.0 Å². The zero-order valence-electron chi connectivity index (χ0n) is 13.6. The van der Waals surface area contributed by atoms with E-state index in [0.29, 0.717) is 11.3 Å². The third-order valence-electron chi connectivity index (χ3n) is 3.08. The van der Waals surface area contributed by atoms with E-state index in [9.17, 15) is 12.8 Å². The molecule has 2 aromatic carbocycles. The van der Waals surface area contributed by atoms with Gasteiger partial charge in [0, 0.05) is 16.9 Å². The van der Waals surface area contributed by atoms with E-state index in [1.165, 1.54) is 12.1 Å². The van der Waals surface area contributed by atoms with Gasteiger partial charge in [0.05, 0.1) is 4.90 Å². The molecule has 0 radical (unpaired) electrons. The second kappa shape index (κ2) is 6.20. The van der Waals surface area contributed by atoms with E-state index in [-0.39, 0.29) is 10.4 Å². The fourth-order valence-corrected chi connectivity index (χ4v) is 3.47. The highest BCUT2D eigenvalue weighted by molar-refractivity contribution is 7.92. The van der Waals surface area contributed by atoms with Gasteiger partial charge in [-0.15, -0.1) is 0 Å². The Kier molecular flexibility index (Phi) is 4.66. The molecular formula is C17H21FN2O2S. The van der Waals surface area contributed by atoms with E-state index in [4.69, 9.17) is 0 Å². The molecule has 0 atom stereocenters. The molecule has 0 bridgehead atoms. The first-order chi connectivity index (χ1) is 10.6. The molecule has 0 spiro atoms. The summed E-state index contributed by atoms with van der Waals surface area (Å²) in [6.07, 6.45) is 0. The van der Waals surface area contributed by atoms with Gasteiger partial charge in [0.25, 0.3) is 10.0 Å². The Balaban J connectivity index is 2.21. The maximum absolute atomic E-state index is 13.1. The number of benzene rings is 2. The van der Waals surface area contributed by atoms with Crippen LogP contribution in [0.3, 0.4) is 0 Å². The Morgan fingerprint density at radius 1 is 0.957 bits per heavy atom. The van der Waals surface area contributed by atoms with Crippen molar-refractivity contribution in [1.29, 1.82) is 0 Å². The monoisotopic (exact) mass is 336 g/mol. The summed E-state index contributed by atoms with van der Waals surface area (Å²) in [6.45, 7) is 7.69. The molecule has 2 rings (SSSR count). The Labute approximate surface area is 136 Å². The fourth-order valence-electron chi connectivity index (χ4n) is 2.18. The van der Waals surface area contributed by atoms with E-state index >= 15 is 0 Å². The van der Waals surface area contributed by atoms with Crippen LogP contribution >= 0.6 is 0 Å². The Hall–Kier alpha value is -2.08. The molecule has 0 unspecified atom stereocenters. The third kappa shape index (κ3) is 4.69. The van der Waals surface area contributed by atoms with Crippen LogP contribution in [0.25, 0.3) is 0 Å². The number of anilines is 2. The fraction of sp³-hybridized carbons (Fsp3) is 0.294. The highest BCUT2D eigenvalue weighted by Gasteiger charge is 2.17. The Morgan fingerprint density at radius 2 is 1.52 bits per heavy atom. The number of rotatable bonds is 4. The first-order valence-electron chi connectivity index (χ1n) is 7.24. The SMILES string of the molecule is Cc1cc(F)ccc1S(=O)(=O)Nc1ccc(NC(C)(C)C)cc1. The molecule has 0 saturated carbocycles. The van der Waals surface area contributed by atoms with Crippen molar-refractivity contribution in [2.45, 2.75) is 38.1 Å². The van der Waals surface area contributed by atoms with Crippen molar-refractivity contribution in [2.24, 2.45) is 0 Å². The van der Waals surface area contributed by atoms with Crippen molar-refractivity contribution in [3.8, 4) is 0 Å². The molecule has 124 valence electrons. The van der Waals surface area contributed by atoms with E-state index in [2.05, 4.69) is 10.0 Å². The normalized spacial score (nSPS) is 12.0. The van der Waals surface area contributed by atoms with Crippen molar-refractivity contribution < 1.29 is 12.8 Å². The van der Waals surface area contributed by atoms with E-state index < -0.39 is 15.8 Å². The second-order valence-electron chi connectivity index (χ2n) is 6.47. The van der Waals surface area contributed by atoms with E-state index in [0.717, 1.165) is 11.8 Å². The molecule has 0 saturated heterocycles. The topological polar surface area (TPSA) is 58.2 Å². The van der Waals surface area contributed by atoms with Crippen LogP contribution in [0.4, 0.5) is 15.8 Å². The highest BCUT2D eigenvalue weighted by atomic mass is 32.2. The van der Waals surface area contributed by atoms with E-state index in [1.54, 1.807) is 31.2 Å². The number of halogens is 1. The van der Waals surface area contributed by atoms with Gasteiger partial charge in [-0.1, -0.05) is 0 Å². The average Bonchev–Trinajstić information content (AvgIpc) is 2.38. The van der Waals surface area contributed by atoms with Crippen molar-refractivity contribution in [1.82, 2.24) is 0 Å². The minimum absolute atomic E-state index is 0.0655. The molecule has 2 N–H and O–H groups in total. The van der Waals surface area contributed by atoms with Gasteiger partial charge in [-0.25, -0.2) is 12.8 Å². The summed E-state index contributed by atoms with van der Waals surface area (Å²) in [7, 11) is -3.75. The zero-order chi connectivity index (χ0) is 17.3. The van der Waals surface area contributed by atoms with Gasteiger partial charge in [-0.2, -0.15) is 0 Å². The molecule has 0 aliphatic carbocycles. The lowest BCUT2D eigenvalue weighted by Gasteiger charge is -2.22. The Morgan fingerprint density at radius 3 is 2.04 bits per heavy atom. The molecule has 2 aromatic rings. The van der Waals surface area contributed by atoms with Crippen molar-refractivity contribution in [2.75, 3.05) is 10.0 Å². The minimum Gasteiger partial charge on any atom is -0.380 e. The quantitative estimate of drug-likeness (QED) is 0.882. The summed E-state index contributed by atoms with van der Waals surface area (Å²) in [5.41, 5.74) is 1.64. The number of hydrogen-bond acceptors (Lipinski definition) is 3. The van der Waals surface area contributed by atoms with Gasteiger partial charge in [-0.3, -0.25) is 4.72 Å². The molecule has 0 heterocycles. The van der Waals surface area contributed by atoms with Crippen LogP contribution < -0.4 is 10.0 Å². The first kappa shape index (κ1) is 17.3. The van der Waals surface area contributed by atoms with Crippen LogP contribution in [0.2, 0.25) is 0 Å². The molecule has 0 amide bonds. The van der Waals surface area contributed by atoms with Gasteiger partial charge >= 0.3 is 0 Å². The molecule has 0 aromatic heterocycles. The summed E-state index contributed by atoms with van der Waals surface area (Å²) < 4.78 is 40.4. The average molecular weight is 336 g/mol. The number of sulfonamides is 1. The van der Waals surface area contributed by atoms with Crippen molar-refractivity contribution >= 4 is 21.4 Å². The summed E-state index contributed by atoms with van der Waals surface area (Å²) in [5, 5.41) is 3.30. The molecule has 6 heteroatoms. The maximum atomic E-state index is 13.1. The summed E-state index contributed by atoms with van der Waals surface area (Å²) in [4.78, 5) is 0.0655. The summed E-state index contributed by atoms with van der Waals surface area (Å²) >= 11 is 0.